The van der Waals surface area contributed by atoms with E-state index in [9.17, 15) is 0 Å². The van der Waals surface area contributed by atoms with Gasteiger partial charge in [0, 0.05) is 38.5 Å². The highest BCUT2D eigenvalue weighted by Crippen LogP contribution is 2.33. The summed E-state index contributed by atoms with van der Waals surface area (Å²) in [5, 5.41) is 3.42. The molecule has 2 heterocycles. The minimum atomic E-state index is 0.457. The predicted molar refractivity (Wildman–Crippen MR) is 120 cm³/mol. The fourth-order valence-corrected chi connectivity index (χ4v) is 3.55. The van der Waals surface area contributed by atoms with Crippen LogP contribution in [0.15, 0.2) is 35.5 Å². The van der Waals surface area contributed by atoms with E-state index in [1.807, 2.05) is 12.1 Å². The number of guanidine groups is 1. The molecule has 168 valence electrons. The van der Waals surface area contributed by atoms with Crippen molar-refractivity contribution >= 4 is 5.96 Å². The molecule has 0 radical (unpaired) electrons. The number of nitrogens with one attached hydrogen (secondary N) is 1. The average Bonchev–Trinajstić information content (AvgIpc) is 2.81. The maximum Gasteiger partial charge on any atom is 0.218 e. The lowest BCUT2D eigenvalue weighted by Crippen LogP contribution is -2.44. The van der Waals surface area contributed by atoms with E-state index >= 15 is 0 Å². The number of pyridine rings is 1. The first kappa shape index (κ1) is 22.7. The third kappa shape index (κ3) is 5.79. The lowest BCUT2D eigenvalue weighted by Gasteiger charge is -2.32. The van der Waals surface area contributed by atoms with Gasteiger partial charge in [0.15, 0.2) is 17.5 Å². The summed E-state index contributed by atoms with van der Waals surface area (Å²) in [5.74, 6) is 2.99. The van der Waals surface area contributed by atoms with Gasteiger partial charge < -0.3 is 29.2 Å². The maximum absolute atomic E-state index is 5.74. The summed E-state index contributed by atoms with van der Waals surface area (Å²) < 4.78 is 21.7. The Balaban J connectivity index is 1.77. The molecule has 0 saturated heterocycles. The van der Waals surface area contributed by atoms with Crippen molar-refractivity contribution in [2.24, 2.45) is 4.99 Å². The minimum absolute atomic E-state index is 0.457. The molecule has 0 aliphatic carbocycles. The van der Waals surface area contributed by atoms with E-state index in [4.69, 9.17) is 23.9 Å². The third-order valence-corrected chi connectivity index (χ3v) is 5.13. The second-order valence-corrected chi connectivity index (χ2v) is 7.13. The largest absolute Gasteiger partial charge is 0.493 e. The Bertz CT molecular complexity index is 888. The summed E-state index contributed by atoms with van der Waals surface area (Å²) in [7, 11) is 4.98. The molecular weight excluding hydrogens is 396 g/mol. The smallest absolute Gasteiger partial charge is 0.218 e. The van der Waals surface area contributed by atoms with Gasteiger partial charge in [0.1, 0.15) is 6.61 Å². The maximum atomic E-state index is 5.74. The van der Waals surface area contributed by atoms with Crippen LogP contribution in [0.1, 0.15) is 23.6 Å². The van der Waals surface area contributed by atoms with Gasteiger partial charge in [0.05, 0.1) is 27.4 Å². The Morgan fingerprint density at radius 2 is 1.90 bits per heavy atom. The van der Waals surface area contributed by atoms with Crippen LogP contribution in [-0.4, -0.2) is 63.5 Å². The summed E-state index contributed by atoms with van der Waals surface area (Å²) >= 11 is 0. The number of aliphatic imine (C=N–C) groups is 1. The molecule has 3 rings (SSSR count). The molecule has 0 unspecified atom stereocenters. The highest BCUT2D eigenvalue weighted by atomic mass is 16.5. The molecular formula is C23H32N4O4. The number of hydrogen-bond donors (Lipinski definition) is 1. The highest BCUT2D eigenvalue weighted by Gasteiger charge is 2.21. The Morgan fingerprint density at radius 1 is 1.13 bits per heavy atom. The summed E-state index contributed by atoms with van der Waals surface area (Å²) in [5.41, 5.74) is 3.45. The van der Waals surface area contributed by atoms with Gasteiger partial charge in [-0.25, -0.2) is 9.98 Å². The number of hydrogen-bond acceptors (Lipinski definition) is 6. The molecule has 0 fully saturated rings. The van der Waals surface area contributed by atoms with Crippen LogP contribution < -0.4 is 19.5 Å². The Kier molecular flexibility index (Phi) is 8.35. The number of ether oxygens (including phenoxy) is 4. The zero-order valence-electron chi connectivity index (χ0n) is 18.8. The van der Waals surface area contributed by atoms with Crippen molar-refractivity contribution in [2.45, 2.75) is 26.4 Å². The van der Waals surface area contributed by atoms with Crippen LogP contribution in [0.5, 0.6) is 17.4 Å². The summed E-state index contributed by atoms with van der Waals surface area (Å²) in [6.07, 6.45) is 2.64. The van der Waals surface area contributed by atoms with E-state index in [0.717, 1.165) is 49.1 Å². The van der Waals surface area contributed by atoms with Crippen molar-refractivity contribution in [3.63, 3.8) is 0 Å². The number of methoxy groups -OCH3 is 3. The van der Waals surface area contributed by atoms with Crippen molar-refractivity contribution in [1.29, 1.82) is 0 Å². The molecule has 0 spiro atoms. The molecule has 8 heteroatoms. The molecule has 1 aromatic carbocycles. The van der Waals surface area contributed by atoms with Gasteiger partial charge in [-0.3, -0.25) is 0 Å². The molecule has 0 atom stereocenters. The minimum Gasteiger partial charge on any atom is -0.493 e. The third-order valence-electron chi connectivity index (χ3n) is 5.13. The lowest BCUT2D eigenvalue weighted by atomic mass is 9.99. The van der Waals surface area contributed by atoms with Crippen molar-refractivity contribution in [1.82, 2.24) is 15.2 Å². The summed E-state index contributed by atoms with van der Waals surface area (Å²) in [4.78, 5) is 11.5. The quantitative estimate of drug-likeness (QED) is 0.374. The SMILES string of the molecule is CCNC(=NCc1cccnc1OCCOC)N1CCc2cc(OC)c(OC)cc2C1. The fraction of sp³-hybridized carbons (Fsp3) is 0.478. The Morgan fingerprint density at radius 3 is 2.61 bits per heavy atom. The molecule has 0 bridgehead atoms. The topological polar surface area (TPSA) is 77.4 Å². The van der Waals surface area contributed by atoms with Crippen molar-refractivity contribution < 1.29 is 18.9 Å². The van der Waals surface area contributed by atoms with Crippen molar-refractivity contribution in [2.75, 3.05) is 47.6 Å². The second-order valence-electron chi connectivity index (χ2n) is 7.13. The van der Waals surface area contributed by atoms with Gasteiger partial charge in [-0.05, 0) is 42.7 Å². The van der Waals surface area contributed by atoms with E-state index in [-0.39, 0.29) is 0 Å². The number of aromatic nitrogens is 1. The molecule has 0 amide bonds. The van der Waals surface area contributed by atoms with Crippen LogP contribution in [0.3, 0.4) is 0 Å². The fourth-order valence-electron chi connectivity index (χ4n) is 3.55. The van der Waals surface area contributed by atoms with Crippen LogP contribution in [-0.2, 0) is 24.2 Å². The first-order valence-corrected chi connectivity index (χ1v) is 10.5. The Labute approximate surface area is 184 Å². The lowest BCUT2D eigenvalue weighted by molar-refractivity contribution is 0.143. The van der Waals surface area contributed by atoms with Crippen molar-refractivity contribution in [3.8, 4) is 17.4 Å². The standard InChI is InChI=1S/C23H32N4O4/c1-5-24-23(26-15-18-7-6-9-25-22(18)31-12-11-28-2)27-10-8-17-13-20(29-3)21(30-4)14-19(17)16-27/h6-7,9,13-14H,5,8,10-12,15-16H2,1-4H3,(H,24,26). The predicted octanol–water partition coefficient (Wildman–Crippen LogP) is 2.65. The molecule has 8 nitrogen and oxygen atoms in total. The van der Waals surface area contributed by atoms with E-state index in [0.29, 0.717) is 25.6 Å². The molecule has 1 aliphatic rings. The average molecular weight is 429 g/mol. The van der Waals surface area contributed by atoms with Crippen LogP contribution in [0, 0.1) is 0 Å². The molecule has 1 aliphatic heterocycles. The van der Waals surface area contributed by atoms with Gasteiger partial charge in [0.25, 0.3) is 0 Å². The molecule has 1 aromatic heterocycles. The molecule has 2 aromatic rings. The monoisotopic (exact) mass is 428 g/mol. The van der Waals surface area contributed by atoms with Crippen LogP contribution in [0.25, 0.3) is 0 Å². The second kappa shape index (κ2) is 11.4. The first-order chi connectivity index (χ1) is 15.2. The van der Waals surface area contributed by atoms with E-state index in [1.54, 1.807) is 27.5 Å². The van der Waals surface area contributed by atoms with Gasteiger partial charge >= 0.3 is 0 Å². The van der Waals surface area contributed by atoms with E-state index in [1.165, 1.54) is 11.1 Å². The van der Waals surface area contributed by atoms with Crippen LogP contribution in [0.2, 0.25) is 0 Å². The number of fused-ring (bicyclic) bond motifs is 1. The molecule has 31 heavy (non-hydrogen) atoms. The summed E-state index contributed by atoms with van der Waals surface area (Å²) in [6, 6.07) is 8.03. The number of rotatable bonds is 9. The van der Waals surface area contributed by atoms with Crippen LogP contribution >= 0.6 is 0 Å². The van der Waals surface area contributed by atoms with Gasteiger partial charge in [-0.1, -0.05) is 6.07 Å². The van der Waals surface area contributed by atoms with Gasteiger partial charge in [-0.2, -0.15) is 0 Å². The molecule has 0 saturated carbocycles. The van der Waals surface area contributed by atoms with Gasteiger partial charge in [-0.15, -0.1) is 0 Å². The van der Waals surface area contributed by atoms with Crippen LogP contribution in [0.4, 0.5) is 0 Å². The Hall–Kier alpha value is -3.00. The molecule has 1 N–H and O–H groups in total. The van der Waals surface area contributed by atoms with E-state index in [2.05, 4.69) is 34.3 Å². The zero-order chi connectivity index (χ0) is 22.1. The van der Waals surface area contributed by atoms with Gasteiger partial charge in [0.2, 0.25) is 5.88 Å². The van der Waals surface area contributed by atoms with E-state index < -0.39 is 0 Å². The first-order valence-electron chi connectivity index (χ1n) is 10.5. The highest BCUT2D eigenvalue weighted by molar-refractivity contribution is 5.80. The normalized spacial score (nSPS) is 13.5. The van der Waals surface area contributed by atoms with Crippen molar-refractivity contribution in [3.05, 3.63) is 47.2 Å². The zero-order valence-corrected chi connectivity index (χ0v) is 18.8. The number of benzene rings is 1. The summed E-state index contributed by atoms with van der Waals surface area (Å²) in [6.45, 7) is 5.95. The number of nitrogens with zero attached hydrogens (tertiary/aromatic N) is 3.